The molecule has 0 bridgehead atoms. The fraction of sp³-hybridized carbons (Fsp3) is 0.471. The molecular formula is C51H70Cl2N2O8Si2. The highest BCUT2D eigenvalue weighted by Gasteiger charge is 2.50. The van der Waals surface area contributed by atoms with Gasteiger partial charge < -0.3 is 14.8 Å². The fourth-order valence-electron chi connectivity index (χ4n) is 7.61. The van der Waals surface area contributed by atoms with Crippen molar-refractivity contribution >= 4 is 80.6 Å². The van der Waals surface area contributed by atoms with E-state index < -0.39 is 33.2 Å². The summed E-state index contributed by atoms with van der Waals surface area (Å²) >= 11 is 9.53. The Bertz CT molecular complexity index is 2360. The lowest BCUT2D eigenvalue weighted by atomic mass is 9.94. The molecule has 1 unspecified atom stereocenters. The molecule has 10 nitrogen and oxygen atoms in total. The number of esters is 1. The molecule has 1 atom stereocenters. The molecule has 0 saturated heterocycles. The number of carbonyl (C=O) groups excluding carboxylic acids is 5. The highest BCUT2D eigenvalue weighted by atomic mass is 35.5. The molecule has 0 fully saturated rings. The van der Waals surface area contributed by atoms with E-state index >= 15 is 0 Å². The van der Waals surface area contributed by atoms with Gasteiger partial charge in [0.25, 0.3) is 0 Å². The normalized spacial score (nSPS) is 15.1. The van der Waals surface area contributed by atoms with Gasteiger partial charge in [0.2, 0.25) is 5.76 Å². The lowest BCUT2D eigenvalue weighted by Gasteiger charge is -2.41. The number of aldehydes is 2. The molecule has 65 heavy (non-hydrogen) atoms. The number of ether oxygens (including phenoxy) is 1. The van der Waals surface area contributed by atoms with Crippen molar-refractivity contribution in [3.8, 4) is 22.3 Å². The third kappa shape index (κ3) is 12.1. The summed E-state index contributed by atoms with van der Waals surface area (Å²) in [6.45, 7) is 36.5. The van der Waals surface area contributed by atoms with Gasteiger partial charge in [-0.2, -0.15) is 9.59 Å². The number of nitrogens with zero attached hydrogens (tertiary/aromatic N) is 2. The van der Waals surface area contributed by atoms with Crippen molar-refractivity contribution in [1.29, 1.82) is 0 Å². The van der Waals surface area contributed by atoms with Gasteiger partial charge in [-0.1, -0.05) is 128 Å². The zero-order valence-electron chi connectivity index (χ0n) is 41.7. The van der Waals surface area contributed by atoms with Gasteiger partial charge in [-0.3, -0.25) is 9.59 Å². The van der Waals surface area contributed by atoms with Gasteiger partial charge in [0.1, 0.15) is 0 Å². The zero-order chi connectivity index (χ0) is 50.3. The van der Waals surface area contributed by atoms with Crippen molar-refractivity contribution in [2.75, 3.05) is 12.4 Å². The first-order chi connectivity index (χ1) is 29.8. The Balaban J connectivity index is 0.000000407. The molecule has 5 rings (SSSR count). The van der Waals surface area contributed by atoms with Gasteiger partial charge in [0.15, 0.2) is 24.3 Å². The first kappa shape index (κ1) is 56.7. The van der Waals surface area contributed by atoms with Crippen molar-refractivity contribution in [2.24, 2.45) is 0 Å². The number of rotatable bonds is 7. The Kier molecular flexibility index (Phi) is 19.1. The Morgan fingerprint density at radius 1 is 0.738 bits per heavy atom. The molecule has 0 saturated carbocycles. The standard InChI is InChI=1S/C27H37NO4Si.C22H31NO2Si.CH2Cl2.CO2/c1-17-22(28(26(2,3)4)32-23(17)25(30)31-8)21-19-15-13-11-12-14-18(19)20(16-29)24(21)33(9,10)27(5,6)7;1-21(2,3)23(25)14-18-16-12-10-9-11-13-17(16)19(15-24)20(18)26(7,8)22(4,5)6;2*2-1-3/h11-16,22H,1-10H3;9-15H,1-8H3;1H2;/b;23-14-;;. The highest BCUT2D eigenvalue weighted by molar-refractivity contribution is 6.94. The number of carbonyl (C=O) groups is 3. The first-order valence-corrected chi connectivity index (χ1v) is 28.6. The minimum Gasteiger partial charge on any atom is -0.623 e. The molecule has 0 spiro atoms. The maximum absolute atomic E-state index is 12.8. The van der Waals surface area contributed by atoms with E-state index in [0.29, 0.717) is 0 Å². The summed E-state index contributed by atoms with van der Waals surface area (Å²) in [6.07, 6.45) is 3.94. The molecule has 14 heteroatoms. The second kappa shape index (κ2) is 21.9. The van der Waals surface area contributed by atoms with E-state index in [1.54, 1.807) is 6.21 Å². The number of hydroxylamine groups is 3. The number of hydrogen-bond donors (Lipinski definition) is 0. The zero-order valence-corrected chi connectivity index (χ0v) is 45.2. The van der Waals surface area contributed by atoms with Crippen molar-refractivity contribution in [3.63, 3.8) is 0 Å². The molecule has 1 aliphatic heterocycles. The Morgan fingerprint density at radius 2 is 1.11 bits per heavy atom. The largest absolute Gasteiger partial charge is 0.623 e. The van der Waals surface area contributed by atoms with Gasteiger partial charge in [-0.15, -0.1) is 28.3 Å². The summed E-state index contributed by atoms with van der Waals surface area (Å²) in [6, 6.07) is 19.6. The Labute approximate surface area is 399 Å². The molecule has 0 aromatic rings. The summed E-state index contributed by atoms with van der Waals surface area (Å²) in [4.78, 5) is 59.8. The molecular weight excluding hydrogens is 896 g/mol. The van der Waals surface area contributed by atoms with E-state index in [4.69, 9.17) is 42.4 Å². The first-order valence-electron chi connectivity index (χ1n) is 21.5. The van der Waals surface area contributed by atoms with Crippen LogP contribution in [0.25, 0.3) is 22.3 Å². The molecule has 354 valence electrons. The van der Waals surface area contributed by atoms with Crippen LogP contribution in [-0.2, 0) is 24.0 Å². The van der Waals surface area contributed by atoms with Crippen LogP contribution >= 0.6 is 23.2 Å². The second-order valence-corrected chi connectivity index (χ2v) is 32.5. The number of hydrogen-bond acceptors (Lipinski definition) is 9. The maximum atomic E-state index is 12.8. The summed E-state index contributed by atoms with van der Waals surface area (Å²) in [5.41, 5.74) is 7.21. The van der Waals surface area contributed by atoms with E-state index in [1.165, 1.54) is 7.11 Å². The van der Waals surface area contributed by atoms with Crippen molar-refractivity contribution < 1.29 is 38.3 Å². The van der Waals surface area contributed by atoms with E-state index in [0.717, 1.165) is 77.8 Å². The number of halogens is 2. The minimum atomic E-state index is -2.20. The van der Waals surface area contributed by atoms with E-state index in [1.807, 2.05) is 87.4 Å². The molecule has 4 aliphatic carbocycles. The van der Waals surface area contributed by atoms with Crippen LogP contribution in [-0.4, -0.2) is 80.4 Å². The summed E-state index contributed by atoms with van der Waals surface area (Å²) in [5.74, 6) is -0.268. The topological polar surface area (TPSA) is 133 Å². The van der Waals surface area contributed by atoms with Crippen molar-refractivity contribution in [3.05, 3.63) is 99.5 Å². The molecule has 0 amide bonds. The fourth-order valence-corrected chi connectivity index (χ4v) is 12.7. The third-order valence-corrected chi connectivity index (χ3v) is 24.0. The molecule has 1 heterocycles. The molecule has 0 radical (unpaired) electrons. The van der Waals surface area contributed by atoms with Gasteiger partial charge >= 0.3 is 12.1 Å². The molecule has 0 aromatic carbocycles. The number of alkyl halides is 2. The van der Waals surface area contributed by atoms with Gasteiger partial charge in [0.05, 0.1) is 34.6 Å². The average Bonchev–Trinajstić information content (AvgIpc) is 3.60. The predicted octanol–water partition coefficient (Wildman–Crippen LogP) is 11.7. The van der Waals surface area contributed by atoms with Crippen LogP contribution in [0.3, 0.4) is 0 Å². The highest BCUT2D eigenvalue weighted by Crippen LogP contribution is 2.50. The van der Waals surface area contributed by atoms with Crippen molar-refractivity contribution in [1.82, 2.24) is 5.06 Å². The van der Waals surface area contributed by atoms with E-state index in [2.05, 4.69) is 94.6 Å². The minimum absolute atomic E-state index is 0.000889. The quantitative estimate of drug-likeness (QED) is 0.0259. The van der Waals surface area contributed by atoms with Crippen LogP contribution in [0.1, 0.15) is 128 Å². The van der Waals surface area contributed by atoms with Crippen LogP contribution in [0, 0.1) is 5.21 Å². The van der Waals surface area contributed by atoms with Crippen LogP contribution in [0.4, 0.5) is 0 Å². The van der Waals surface area contributed by atoms with Gasteiger partial charge in [0, 0.05) is 48.6 Å². The molecule has 0 aromatic heterocycles. The SMILES string of the molecule is CC(C)(C)/[N+]([O-])=C/c1c2cccccc-2c(C=O)c1[Si](C)(C)C(C)(C)C.COC(=O)C1=C(C)C(c2c3cccccc-3c(C=O)c2[Si](C)(C)C(C)(C)C)N(C(C)(C)C)O1.ClCCl.O=C=O. The summed E-state index contributed by atoms with van der Waals surface area (Å²) < 4.78 is 6.05. The molecule has 0 N–H and O–H groups in total. The van der Waals surface area contributed by atoms with E-state index in [9.17, 15) is 19.6 Å². The third-order valence-electron chi connectivity index (χ3n) is 13.0. The van der Waals surface area contributed by atoms with Gasteiger partial charge in [-0.05, 0) is 76.0 Å². The van der Waals surface area contributed by atoms with E-state index in [-0.39, 0.29) is 33.4 Å². The monoisotopic (exact) mass is 964 g/mol. The second-order valence-electron chi connectivity index (χ2n) is 21.2. The maximum Gasteiger partial charge on any atom is 0.375 e. The lowest BCUT2D eigenvalue weighted by molar-refractivity contribution is -0.530. The Hall–Kier alpha value is -4.43. The average molecular weight is 966 g/mol. The van der Waals surface area contributed by atoms with Crippen LogP contribution < -0.4 is 10.4 Å². The van der Waals surface area contributed by atoms with Crippen molar-refractivity contribution in [2.45, 2.75) is 143 Å². The molecule has 5 aliphatic rings. The lowest BCUT2D eigenvalue weighted by Crippen LogP contribution is -2.53. The number of fused-ring (bicyclic) bond motifs is 2. The summed E-state index contributed by atoms with van der Waals surface area (Å²) in [7, 11) is -2.89. The number of methoxy groups -OCH3 is 1. The van der Waals surface area contributed by atoms with Gasteiger partial charge in [-0.25, -0.2) is 9.53 Å². The Morgan fingerprint density at radius 3 is 1.48 bits per heavy atom. The predicted molar refractivity (Wildman–Crippen MR) is 271 cm³/mol. The summed E-state index contributed by atoms with van der Waals surface area (Å²) in [5, 5.41) is 17.1. The van der Waals surface area contributed by atoms with Crippen LogP contribution in [0.2, 0.25) is 36.3 Å². The van der Waals surface area contributed by atoms with Crippen LogP contribution in [0.5, 0.6) is 0 Å². The van der Waals surface area contributed by atoms with Crippen LogP contribution in [0.15, 0.2) is 72.0 Å². The smallest absolute Gasteiger partial charge is 0.375 e.